The molecule has 9 aromatic rings. The Balaban J connectivity index is 1.22. The number of rotatable bonds is 9. The summed E-state index contributed by atoms with van der Waals surface area (Å²) in [5, 5.41) is 7.79. The number of fused-ring (bicyclic) bond motifs is 3. The number of ether oxygens (including phenoxy) is 1. The van der Waals surface area contributed by atoms with E-state index in [4.69, 9.17) is 14.8 Å². The normalized spacial score (nSPS) is 11.8. The third-order valence-electron chi connectivity index (χ3n) is 11.2. The van der Waals surface area contributed by atoms with E-state index in [9.17, 15) is 0 Å². The Labute approximate surface area is 341 Å². The third kappa shape index (κ3) is 6.67. The van der Waals surface area contributed by atoms with E-state index in [-0.39, 0.29) is 5.41 Å². The van der Waals surface area contributed by atoms with Crippen LogP contribution in [0.5, 0.6) is 11.5 Å². The molecule has 0 saturated carbocycles. The molecule has 5 nitrogen and oxygen atoms in total. The van der Waals surface area contributed by atoms with Crippen LogP contribution < -0.4 is 4.74 Å². The second kappa shape index (κ2) is 15.0. The van der Waals surface area contributed by atoms with Crippen LogP contribution in [0.25, 0.3) is 66.7 Å². The minimum Gasteiger partial charge on any atom is -0.457 e. The zero-order valence-electron chi connectivity index (χ0n) is 34.1. The molecule has 0 bridgehead atoms. The van der Waals surface area contributed by atoms with Gasteiger partial charge in [-0.15, -0.1) is 0 Å². The van der Waals surface area contributed by atoms with Gasteiger partial charge in [0.25, 0.3) is 0 Å². The van der Waals surface area contributed by atoms with Crippen LogP contribution in [-0.4, -0.2) is 19.3 Å². The molecule has 0 N–H and O–H groups in total. The molecule has 0 radical (unpaired) electrons. The minimum absolute atomic E-state index is 0.141. The second-order valence-corrected chi connectivity index (χ2v) is 16.1. The highest BCUT2D eigenvalue weighted by atomic mass is 16.5. The summed E-state index contributed by atoms with van der Waals surface area (Å²) in [6, 6.07) is 53.9. The number of para-hydroxylation sites is 1. The van der Waals surface area contributed by atoms with Crippen LogP contribution in [0.2, 0.25) is 0 Å². The number of hydrogen-bond donors (Lipinski definition) is 0. The van der Waals surface area contributed by atoms with Crippen molar-refractivity contribution < 1.29 is 4.74 Å². The first-order valence-electron chi connectivity index (χ1n) is 20.4. The molecular formula is C53H48N4O. The lowest BCUT2D eigenvalue weighted by Crippen LogP contribution is -2.13. The van der Waals surface area contributed by atoms with Crippen LogP contribution >= 0.6 is 0 Å². The number of benzene rings is 6. The van der Waals surface area contributed by atoms with Crippen molar-refractivity contribution in [1.29, 1.82) is 0 Å². The Hall–Kier alpha value is -6.72. The van der Waals surface area contributed by atoms with Gasteiger partial charge in [-0.2, -0.15) is 5.10 Å². The molecule has 3 heterocycles. The van der Waals surface area contributed by atoms with E-state index in [1.165, 1.54) is 50.0 Å². The maximum absolute atomic E-state index is 6.90. The molecule has 3 aromatic heterocycles. The molecule has 9 rings (SSSR count). The van der Waals surface area contributed by atoms with Crippen molar-refractivity contribution in [2.75, 3.05) is 0 Å². The molecule has 0 atom stereocenters. The van der Waals surface area contributed by atoms with Gasteiger partial charge in [0.2, 0.25) is 0 Å². The highest BCUT2D eigenvalue weighted by molar-refractivity contribution is 6.09. The van der Waals surface area contributed by atoms with Gasteiger partial charge in [0.15, 0.2) is 0 Å². The maximum Gasteiger partial charge on any atom is 0.137 e. The largest absolute Gasteiger partial charge is 0.457 e. The quantitative estimate of drug-likeness (QED) is 0.147. The number of aromatic nitrogens is 4. The summed E-state index contributed by atoms with van der Waals surface area (Å²) in [6.07, 6.45) is 3.46. The fourth-order valence-corrected chi connectivity index (χ4v) is 8.35. The van der Waals surface area contributed by atoms with Gasteiger partial charge in [0.05, 0.1) is 28.1 Å². The van der Waals surface area contributed by atoms with Gasteiger partial charge < -0.3 is 4.74 Å². The van der Waals surface area contributed by atoms with Crippen molar-refractivity contribution in [3.63, 3.8) is 0 Å². The van der Waals surface area contributed by atoms with E-state index in [1.54, 1.807) is 0 Å². The van der Waals surface area contributed by atoms with E-state index >= 15 is 0 Å². The summed E-state index contributed by atoms with van der Waals surface area (Å²) < 4.78 is 11.3. The van der Waals surface area contributed by atoms with Gasteiger partial charge in [-0.05, 0) is 101 Å². The van der Waals surface area contributed by atoms with Crippen molar-refractivity contribution in [3.8, 4) is 56.4 Å². The molecular weight excluding hydrogens is 709 g/mol. The number of nitrogens with zero attached hydrogens (tertiary/aromatic N) is 4. The average Bonchev–Trinajstić information content (AvgIpc) is 3.79. The third-order valence-corrected chi connectivity index (χ3v) is 11.2. The number of pyridine rings is 1. The highest BCUT2D eigenvalue weighted by Crippen LogP contribution is 2.44. The molecule has 58 heavy (non-hydrogen) atoms. The summed E-state index contributed by atoms with van der Waals surface area (Å²) in [7, 11) is 0. The Morgan fingerprint density at radius 3 is 1.91 bits per heavy atom. The first-order chi connectivity index (χ1) is 28.2. The number of aryl methyl sites for hydroxylation is 2. The van der Waals surface area contributed by atoms with Crippen molar-refractivity contribution in [2.45, 2.75) is 59.8 Å². The predicted octanol–water partition coefficient (Wildman–Crippen LogP) is 13.9. The smallest absolute Gasteiger partial charge is 0.137 e. The molecule has 5 heteroatoms. The average molecular weight is 757 g/mol. The summed E-state index contributed by atoms with van der Waals surface area (Å²) in [6.45, 7) is 13.3. The van der Waals surface area contributed by atoms with Gasteiger partial charge in [-0.3, -0.25) is 4.57 Å². The van der Waals surface area contributed by atoms with E-state index in [1.807, 2.05) is 12.3 Å². The Kier molecular flexibility index (Phi) is 9.53. The second-order valence-electron chi connectivity index (χ2n) is 16.1. The van der Waals surface area contributed by atoms with Gasteiger partial charge in [0.1, 0.15) is 17.3 Å². The first-order valence-corrected chi connectivity index (χ1v) is 20.4. The van der Waals surface area contributed by atoms with Crippen LogP contribution in [0.3, 0.4) is 0 Å². The molecule has 0 aliphatic rings. The van der Waals surface area contributed by atoms with Gasteiger partial charge in [-0.25, -0.2) is 9.67 Å². The molecule has 0 amide bonds. The van der Waals surface area contributed by atoms with E-state index < -0.39 is 0 Å². The first kappa shape index (κ1) is 36.9. The zero-order valence-corrected chi connectivity index (χ0v) is 34.1. The monoisotopic (exact) mass is 756 g/mol. The highest BCUT2D eigenvalue weighted by Gasteiger charge is 2.26. The van der Waals surface area contributed by atoms with E-state index in [0.29, 0.717) is 0 Å². The Bertz CT molecular complexity index is 2870. The number of hydrogen-bond acceptors (Lipinski definition) is 3. The maximum atomic E-state index is 6.90. The lowest BCUT2D eigenvalue weighted by Gasteiger charge is -2.22. The minimum atomic E-state index is -0.141. The van der Waals surface area contributed by atoms with Crippen molar-refractivity contribution in [1.82, 2.24) is 19.3 Å². The van der Waals surface area contributed by atoms with Crippen LogP contribution in [0.1, 0.15) is 57.1 Å². The van der Waals surface area contributed by atoms with Crippen LogP contribution in [0.4, 0.5) is 0 Å². The van der Waals surface area contributed by atoms with Gasteiger partial charge in [-0.1, -0.05) is 132 Å². The molecule has 0 fully saturated rings. The summed E-state index contributed by atoms with van der Waals surface area (Å²) >= 11 is 0. The van der Waals surface area contributed by atoms with Crippen LogP contribution in [0.15, 0.2) is 158 Å². The van der Waals surface area contributed by atoms with Gasteiger partial charge >= 0.3 is 0 Å². The van der Waals surface area contributed by atoms with Crippen molar-refractivity contribution in [3.05, 3.63) is 180 Å². The van der Waals surface area contributed by atoms with E-state index in [0.717, 1.165) is 63.5 Å². The Morgan fingerprint density at radius 1 is 0.586 bits per heavy atom. The Morgan fingerprint density at radius 2 is 1.26 bits per heavy atom. The van der Waals surface area contributed by atoms with Crippen molar-refractivity contribution >= 4 is 21.8 Å². The fourth-order valence-electron chi connectivity index (χ4n) is 8.35. The topological polar surface area (TPSA) is 44.9 Å². The molecule has 0 aliphatic carbocycles. The summed E-state index contributed by atoms with van der Waals surface area (Å²) in [4.78, 5) is 4.79. The fraction of sp³-hybridized carbons (Fsp3) is 0.170. The standard InChI is InChI=1S/C53H48N4O/c1-7-46-52(51-42(36-18-11-9-12-19-36)23-17-24-43(51)37-20-13-10-14-21-37)47(8-2)57(55-46)39-31-38(53(4,5)6)32-41(33-39)58-40-26-27-45-44-22-15-16-25-48(44)56(49(45)34-40)50-30-35(3)28-29-54-50/h9-34H,7-8H2,1-6H3. The van der Waals surface area contributed by atoms with Crippen LogP contribution in [-0.2, 0) is 18.3 Å². The lowest BCUT2D eigenvalue weighted by atomic mass is 9.85. The zero-order chi connectivity index (χ0) is 40.0. The summed E-state index contributed by atoms with van der Waals surface area (Å²) in [5.74, 6) is 2.42. The molecule has 286 valence electrons. The van der Waals surface area contributed by atoms with E-state index in [2.05, 4.69) is 196 Å². The van der Waals surface area contributed by atoms with Crippen LogP contribution in [0, 0.1) is 6.92 Å². The summed E-state index contributed by atoms with van der Waals surface area (Å²) in [5.41, 5.74) is 14.8. The molecule has 0 aliphatic heterocycles. The molecule has 0 unspecified atom stereocenters. The lowest BCUT2D eigenvalue weighted by molar-refractivity contribution is 0.478. The van der Waals surface area contributed by atoms with Crippen molar-refractivity contribution in [2.24, 2.45) is 0 Å². The predicted molar refractivity (Wildman–Crippen MR) is 241 cm³/mol. The molecule has 6 aromatic carbocycles. The molecule has 0 saturated heterocycles. The SMILES string of the molecule is CCc1nn(-c2cc(Oc3ccc4c5ccccc5n(-c5cc(C)ccn5)c4c3)cc(C(C)(C)C)c2)c(CC)c1-c1c(-c2ccccc2)cccc1-c1ccccc1. The van der Waals surface area contributed by atoms with Gasteiger partial charge in [0, 0.05) is 40.2 Å². The molecule has 0 spiro atoms.